The van der Waals surface area contributed by atoms with E-state index in [4.69, 9.17) is 5.11 Å². The molecule has 0 saturated carbocycles. The van der Waals surface area contributed by atoms with Crippen LogP contribution in [0.2, 0.25) is 0 Å². The van der Waals surface area contributed by atoms with E-state index in [-0.39, 0.29) is 5.91 Å². The summed E-state index contributed by atoms with van der Waals surface area (Å²) in [5.74, 6) is -1.29. The van der Waals surface area contributed by atoms with Crippen molar-refractivity contribution in [2.45, 2.75) is 19.8 Å². The Labute approximate surface area is 125 Å². The average Bonchev–Trinajstić information content (AvgIpc) is 2.38. The minimum Gasteiger partial charge on any atom is -0.481 e. The quantitative estimate of drug-likeness (QED) is 0.811. The summed E-state index contributed by atoms with van der Waals surface area (Å²) in [6, 6.07) is 5.73. The molecule has 0 bridgehead atoms. The van der Waals surface area contributed by atoms with E-state index in [1.165, 1.54) is 0 Å². The Balaban J connectivity index is 2.22. The van der Waals surface area contributed by atoms with Gasteiger partial charge in [-0.05, 0) is 54.0 Å². The fraction of sp³-hybridized carbons (Fsp3) is 0.429. The Kier molecular flexibility index (Phi) is 4.44. The summed E-state index contributed by atoms with van der Waals surface area (Å²) >= 11 is 2.15. The van der Waals surface area contributed by atoms with Crippen molar-refractivity contribution in [1.82, 2.24) is 4.90 Å². The van der Waals surface area contributed by atoms with Crippen molar-refractivity contribution in [3.8, 4) is 0 Å². The maximum Gasteiger partial charge on any atom is 0.308 e. The molecule has 1 unspecified atom stereocenters. The van der Waals surface area contributed by atoms with Crippen LogP contribution in [0.4, 0.5) is 0 Å². The van der Waals surface area contributed by atoms with E-state index in [1.54, 1.807) is 4.90 Å². The number of likely N-dealkylation sites (tertiary alicyclic amines) is 1. The molecule has 1 aromatic rings. The Bertz CT molecular complexity index is 495. The molecule has 19 heavy (non-hydrogen) atoms. The number of carboxylic acid groups (broad SMARTS) is 1. The number of amides is 1. The first kappa shape index (κ1) is 14.3. The monoisotopic (exact) mass is 373 g/mol. The van der Waals surface area contributed by atoms with Crippen molar-refractivity contribution in [2.24, 2.45) is 5.92 Å². The topological polar surface area (TPSA) is 57.6 Å². The van der Waals surface area contributed by atoms with Gasteiger partial charge in [-0.1, -0.05) is 12.1 Å². The molecule has 1 heterocycles. The number of aliphatic carboxylic acids is 1. The van der Waals surface area contributed by atoms with Crippen LogP contribution in [0.5, 0.6) is 0 Å². The Morgan fingerprint density at radius 3 is 2.79 bits per heavy atom. The van der Waals surface area contributed by atoms with Gasteiger partial charge in [0.2, 0.25) is 0 Å². The van der Waals surface area contributed by atoms with E-state index in [9.17, 15) is 9.59 Å². The van der Waals surface area contributed by atoms with Gasteiger partial charge in [-0.25, -0.2) is 0 Å². The largest absolute Gasteiger partial charge is 0.481 e. The SMILES string of the molecule is Cc1cccc(I)c1C(=O)N1CCCC(C(=O)O)C1. The van der Waals surface area contributed by atoms with E-state index >= 15 is 0 Å². The molecule has 0 aromatic heterocycles. The highest BCUT2D eigenvalue weighted by atomic mass is 127. The molecule has 5 heteroatoms. The van der Waals surface area contributed by atoms with E-state index < -0.39 is 11.9 Å². The molecular weight excluding hydrogens is 357 g/mol. The molecule has 0 radical (unpaired) electrons. The molecule has 2 rings (SSSR count). The molecule has 1 amide bonds. The molecule has 102 valence electrons. The molecule has 1 saturated heterocycles. The summed E-state index contributed by atoms with van der Waals surface area (Å²) in [6.07, 6.45) is 1.41. The van der Waals surface area contributed by atoms with E-state index in [0.29, 0.717) is 25.1 Å². The number of rotatable bonds is 2. The highest BCUT2D eigenvalue weighted by Crippen LogP contribution is 2.23. The van der Waals surface area contributed by atoms with Crippen molar-refractivity contribution in [2.75, 3.05) is 13.1 Å². The zero-order valence-electron chi connectivity index (χ0n) is 10.7. The lowest BCUT2D eigenvalue weighted by molar-refractivity contribution is -0.143. The predicted molar refractivity (Wildman–Crippen MR) is 80.2 cm³/mol. The van der Waals surface area contributed by atoms with Crippen LogP contribution in [-0.2, 0) is 4.79 Å². The van der Waals surface area contributed by atoms with Crippen molar-refractivity contribution >= 4 is 34.5 Å². The Morgan fingerprint density at radius 2 is 2.16 bits per heavy atom. The number of benzene rings is 1. The fourth-order valence-corrected chi connectivity index (χ4v) is 3.29. The van der Waals surface area contributed by atoms with Crippen LogP contribution in [0.25, 0.3) is 0 Å². The third-order valence-electron chi connectivity index (χ3n) is 3.49. The molecule has 1 aliphatic rings. The number of piperidine rings is 1. The molecule has 1 aromatic carbocycles. The summed E-state index contributed by atoms with van der Waals surface area (Å²) in [4.78, 5) is 25.3. The van der Waals surface area contributed by atoms with Gasteiger partial charge in [-0.2, -0.15) is 0 Å². The zero-order valence-corrected chi connectivity index (χ0v) is 12.9. The van der Waals surface area contributed by atoms with Gasteiger partial charge >= 0.3 is 5.97 Å². The third kappa shape index (κ3) is 3.08. The highest BCUT2D eigenvalue weighted by Gasteiger charge is 2.29. The van der Waals surface area contributed by atoms with Gasteiger partial charge in [0.25, 0.3) is 5.91 Å². The Morgan fingerprint density at radius 1 is 1.42 bits per heavy atom. The maximum absolute atomic E-state index is 12.5. The second kappa shape index (κ2) is 5.90. The van der Waals surface area contributed by atoms with Gasteiger partial charge in [0.15, 0.2) is 0 Å². The lowest BCUT2D eigenvalue weighted by Crippen LogP contribution is -2.42. The highest BCUT2D eigenvalue weighted by molar-refractivity contribution is 14.1. The number of carbonyl (C=O) groups is 2. The predicted octanol–water partition coefficient (Wildman–Crippen LogP) is 2.54. The number of hydrogen-bond acceptors (Lipinski definition) is 2. The summed E-state index contributed by atoms with van der Waals surface area (Å²) < 4.78 is 0.917. The van der Waals surface area contributed by atoms with Crippen LogP contribution >= 0.6 is 22.6 Å². The summed E-state index contributed by atoms with van der Waals surface area (Å²) in [5, 5.41) is 9.08. The molecule has 0 aliphatic carbocycles. The maximum atomic E-state index is 12.5. The van der Waals surface area contributed by atoms with Crippen molar-refractivity contribution in [3.63, 3.8) is 0 Å². The molecule has 1 aliphatic heterocycles. The molecule has 1 atom stereocenters. The van der Waals surface area contributed by atoms with Crippen LogP contribution in [0.15, 0.2) is 18.2 Å². The minimum absolute atomic E-state index is 0.0477. The van der Waals surface area contributed by atoms with Gasteiger partial charge in [0, 0.05) is 16.7 Å². The number of halogens is 1. The van der Waals surface area contributed by atoms with Gasteiger partial charge in [-0.15, -0.1) is 0 Å². The number of nitrogens with zero attached hydrogens (tertiary/aromatic N) is 1. The minimum atomic E-state index is -0.808. The number of hydrogen-bond donors (Lipinski definition) is 1. The molecule has 0 spiro atoms. The van der Waals surface area contributed by atoms with Crippen molar-refractivity contribution in [3.05, 3.63) is 32.9 Å². The van der Waals surface area contributed by atoms with E-state index in [2.05, 4.69) is 22.6 Å². The number of aryl methyl sites for hydroxylation is 1. The van der Waals surface area contributed by atoms with Gasteiger partial charge in [0.05, 0.1) is 11.5 Å². The second-order valence-electron chi connectivity index (χ2n) is 4.86. The van der Waals surface area contributed by atoms with Crippen LogP contribution in [-0.4, -0.2) is 35.0 Å². The molecule has 4 nitrogen and oxygen atoms in total. The summed E-state index contributed by atoms with van der Waals surface area (Å²) in [7, 11) is 0. The van der Waals surface area contributed by atoms with Crippen molar-refractivity contribution < 1.29 is 14.7 Å². The van der Waals surface area contributed by atoms with Crippen LogP contribution in [0.3, 0.4) is 0 Å². The zero-order chi connectivity index (χ0) is 14.0. The van der Waals surface area contributed by atoms with Crippen molar-refractivity contribution in [1.29, 1.82) is 0 Å². The first-order valence-electron chi connectivity index (χ1n) is 6.28. The van der Waals surface area contributed by atoms with Gasteiger partial charge in [0.1, 0.15) is 0 Å². The van der Waals surface area contributed by atoms with Crippen LogP contribution in [0.1, 0.15) is 28.8 Å². The van der Waals surface area contributed by atoms with E-state index in [0.717, 1.165) is 15.6 Å². The van der Waals surface area contributed by atoms with Gasteiger partial charge in [-0.3, -0.25) is 9.59 Å². The van der Waals surface area contributed by atoms with E-state index in [1.807, 2.05) is 25.1 Å². The first-order valence-corrected chi connectivity index (χ1v) is 7.35. The smallest absolute Gasteiger partial charge is 0.308 e. The van der Waals surface area contributed by atoms with Crippen LogP contribution in [0, 0.1) is 16.4 Å². The molecule has 1 fully saturated rings. The third-order valence-corrected chi connectivity index (χ3v) is 4.39. The summed E-state index contributed by atoms with van der Waals surface area (Å²) in [6.45, 7) is 2.87. The normalized spacial score (nSPS) is 19.3. The summed E-state index contributed by atoms with van der Waals surface area (Å²) in [5.41, 5.74) is 1.64. The molecular formula is C14H16INO3. The Hall–Kier alpha value is -1.11. The second-order valence-corrected chi connectivity index (χ2v) is 6.02. The average molecular weight is 373 g/mol. The molecule has 1 N–H and O–H groups in total. The fourth-order valence-electron chi connectivity index (χ4n) is 2.42. The first-order chi connectivity index (χ1) is 9.00. The lowest BCUT2D eigenvalue weighted by Gasteiger charge is -2.31. The standard InChI is InChI=1S/C14H16INO3/c1-9-4-2-6-11(15)12(9)13(17)16-7-3-5-10(8-16)14(18)19/h2,4,6,10H,3,5,7-8H2,1H3,(H,18,19). The number of carboxylic acids is 1. The van der Waals surface area contributed by atoms with Gasteiger partial charge < -0.3 is 10.0 Å². The number of carbonyl (C=O) groups excluding carboxylic acids is 1. The van der Waals surface area contributed by atoms with Crippen LogP contribution < -0.4 is 0 Å². The lowest BCUT2D eigenvalue weighted by atomic mass is 9.97.